The van der Waals surface area contributed by atoms with Gasteiger partial charge in [-0.25, -0.2) is 9.69 Å². The van der Waals surface area contributed by atoms with Crippen LogP contribution in [0.2, 0.25) is 5.02 Å². The summed E-state index contributed by atoms with van der Waals surface area (Å²) in [5, 5.41) is 2.47. The molecule has 0 bridgehead atoms. The fraction of sp³-hybridized carbons (Fsp3) is 0.179. The average molecular weight is 584 g/mol. The summed E-state index contributed by atoms with van der Waals surface area (Å²) < 4.78 is 12.5. The number of anilines is 1. The Hall–Kier alpha value is -3.62. The average Bonchev–Trinajstić information content (AvgIpc) is 2.84. The lowest BCUT2D eigenvalue weighted by atomic mass is 10.1. The molecule has 1 saturated heterocycles. The van der Waals surface area contributed by atoms with Crippen molar-refractivity contribution in [2.24, 2.45) is 0 Å². The molecule has 0 unspecified atom stereocenters. The van der Waals surface area contributed by atoms with Crippen molar-refractivity contribution >= 4 is 57.1 Å². The van der Waals surface area contributed by atoms with Gasteiger partial charge in [-0.1, -0.05) is 45.7 Å². The fourth-order valence-electron chi connectivity index (χ4n) is 3.77. The second kappa shape index (κ2) is 11.2. The van der Waals surface area contributed by atoms with Crippen LogP contribution in [0.1, 0.15) is 29.2 Å². The first-order valence-electron chi connectivity index (χ1n) is 11.5. The molecule has 1 aliphatic rings. The molecule has 190 valence electrons. The van der Waals surface area contributed by atoms with Gasteiger partial charge in [0, 0.05) is 4.47 Å². The first-order chi connectivity index (χ1) is 17.7. The second-order valence-corrected chi connectivity index (χ2v) is 9.73. The van der Waals surface area contributed by atoms with Crippen molar-refractivity contribution in [2.45, 2.75) is 27.4 Å². The number of amides is 4. The maximum Gasteiger partial charge on any atom is 0.335 e. The Bertz CT molecular complexity index is 1420. The number of ether oxygens (including phenoxy) is 2. The Balaban J connectivity index is 1.65. The minimum Gasteiger partial charge on any atom is -0.490 e. The van der Waals surface area contributed by atoms with Gasteiger partial charge in [-0.3, -0.25) is 14.9 Å². The van der Waals surface area contributed by atoms with Gasteiger partial charge in [0.05, 0.1) is 17.3 Å². The van der Waals surface area contributed by atoms with E-state index in [-0.39, 0.29) is 17.2 Å². The molecule has 0 spiro atoms. The molecule has 0 aromatic heterocycles. The Labute approximate surface area is 228 Å². The summed E-state index contributed by atoms with van der Waals surface area (Å²) >= 11 is 9.88. The molecule has 0 atom stereocenters. The molecule has 3 aromatic carbocycles. The van der Waals surface area contributed by atoms with Crippen LogP contribution in [0.4, 0.5) is 10.5 Å². The Morgan fingerprint density at radius 2 is 1.70 bits per heavy atom. The number of rotatable bonds is 7. The van der Waals surface area contributed by atoms with Crippen LogP contribution in [0.25, 0.3) is 6.08 Å². The molecule has 0 aliphatic carbocycles. The zero-order valence-electron chi connectivity index (χ0n) is 20.4. The third-order valence-corrected chi connectivity index (χ3v) is 6.59. The predicted octanol–water partition coefficient (Wildman–Crippen LogP) is 6.36. The van der Waals surface area contributed by atoms with Crippen molar-refractivity contribution < 1.29 is 23.9 Å². The summed E-state index contributed by atoms with van der Waals surface area (Å²) in [5.41, 5.74) is 3.88. The molecular formula is C28H24BrClN2O5. The standard InChI is InChI=1S/C28H24BrClN2O5/c1-4-36-24-14-19(13-23(30)25(24)37-15-18-6-5-16(2)17(3)11-18)12-22-26(33)31-28(35)32(27(22)34)21-9-7-20(29)8-10-21/h5-14H,4,15H2,1-3H3,(H,31,33,35)/b22-12+. The van der Waals surface area contributed by atoms with Crippen LogP contribution in [-0.2, 0) is 16.2 Å². The van der Waals surface area contributed by atoms with Crippen LogP contribution >= 0.6 is 27.5 Å². The molecule has 4 amide bonds. The SMILES string of the molecule is CCOc1cc(/C=C2\C(=O)NC(=O)N(c3ccc(Br)cc3)C2=O)cc(Cl)c1OCc1ccc(C)c(C)c1. The fourth-order valence-corrected chi connectivity index (χ4v) is 4.31. The molecule has 9 heteroatoms. The van der Waals surface area contributed by atoms with E-state index < -0.39 is 17.8 Å². The van der Waals surface area contributed by atoms with Crippen LogP contribution in [0.15, 0.2) is 64.6 Å². The predicted molar refractivity (Wildman–Crippen MR) is 146 cm³/mol. The topological polar surface area (TPSA) is 84.9 Å². The van der Waals surface area contributed by atoms with E-state index in [0.29, 0.717) is 29.4 Å². The summed E-state index contributed by atoms with van der Waals surface area (Å²) in [5.74, 6) is -0.821. The first-order valence-corrected chi connectivity index (χ1v) is 12.7. The van der Waals surface area contributed by atoms with Crippen LogP contribution in [-0.4, -0.2) is 24.5 Å². The Kier molecular flexibility index (Phi) is 8.00. The number of carbonyl (C=O) groups excluding carboxylic acids is 3. The van der Waals surface area contributed by atoms with Gasteiger partial charge in [0.15, 0.2) is 11.5 Å². The summed E-state index contributed by atoms with van der Waals surface area (Å²) in [6.45, 7) is 6.54. The van der Waals surface area contributed by atoms with Gasteiger partial charge in [0.1, 0.15) is 12.2 Å². The summed E-state index contributed by atoms with van der Waals surface area (Å²) in [6, 6.07) is 15.0. The lowest BCUT2D eigenvalue weighted by molar-refractivity contribution is -0.122. The summed E-state index contributed by atoms with van der Waals surface area (Å²) in [6.07, 6.45) is 1.37. The van der Waals surface area contributed by atoms with Crippen LogP contribution in [0.3, 0.4) is 0 Å². The number of urea groups is 1. The quantitative estimate of drug-likeness (QED) is 0.258. The molecule has 1 aliphatic heterocycles. The Morgan fingerprint density at radius 3 is 2.38 bits per heavy atom. The van der Waals surface area contributed by atoms with Gasteiger partial charge in [-0.15, -0.1) is 0 Å². The van der Waals surface area contributed by atoms with Gasteiger partial charge in [-0.05, 0) is 85.5 Å². The molecule has 37 heavy (non-hydrogen) atoms. The zero-order valence-corrected chi connectivity index (χ0v) is 22.8. The highest BCUT2D eigenvalue weighted by Crippen LogP contribution is 2.38. The number of aryl methyl sites for hydroxylation is 2. The number of nitrogens with one attached hydrogen (secondary N) is 1. The highest BCUT2D eigenvalue weighted by atomic mass is 79.9. The summed E-state index contributed by atoms with van der Waals surface area (Å²) in [7, 11) is 0. The lowest BCUT2D eigenvalue weighted by Crippen LogP contribution is -2.54. The van der Waals surface area contributed by atoms with Crippen LogP contribution in [0.5, 0.6) is 11.5 Å². The number of halogens is 2. The maximum absolute atomic E-state index is 13.2. The highest BCUT2D eigenvalue weighted by Gasteiger charge is 2.36. The van der Waals surface area contributed by atoms with Gasteiger partial charge < -0.3 is 9.47 Å². The van der Waals surface area contributed by atoms with E-state index in [1.807, 2.05) is 39.0 Å². The van der Waals surface area contributed by atoms with Crippen molar-refractivity contribution in [2.75, 3.05) is 11.5 Å². The lowest BCUT2D eigenvalue weighted by Gasteiger charge is -2.26. The molecule has 7 nitrogen and oxygen atoms in total. The van der Waals surface area contributed by atoms with Crippen molar-refractivity contribution in [3.63, 3.8) is 0 Å². The third kappa shape index (κ3) is 5.87. The van der Waals surface area contributed by atoms with Crippen LogP contribution < -0.4 is 19.7 Å². The van der Waals surface area contributed by atoms with Crippen LogP contribution in [0, 0.1) is 13.8 Å². The number of imide groups is 2. The van der Waals surface area contributed by atoms with E-state index in [9.17, 15) is 14.4 Å². The minimum atomic E-state index is -0.822. The zero-order chi connectivity index (χ0) is 26.7. The van der Waals surface area contributed by atoms with E-state index in [1.165, 1.54) is 11.6 Å². The van der Waals surface area contributed by atoms with Crippen molar-refractivity contribution in [3.8, 4) is 11.5 Å². The molecule has 1 fully saturated rings. The maximum atomic E-state index is 13.2. The monoisotopic (exact) mass is 582 g/mol. The third-order valence-electron chi connectivity index (χ3n) is 5.78. The van der Waals surface area contributed by atoms with E-state index >= 15 is 0 Å². The normalized spacial score (nSPS) is 14.7. The van der Waals surface area contributed by atoms with E-state index in [4.69, 9.17) is 21.1 Å². The molecule has 1 heterocycles. The van der Waals surface area contributed by atoms with Crippen molar-refractivity contribution in [1.29, 1.82) is 0 Å². The molecule has 3 aromatic rings. The highest BCUT2D eigenvalue weighted by molar-refractivity contribution is 9.10. The van der Waals surface area contributed by atoms with E-state index in [2.05, 4.69) is 21.2 Å². The van der Waals surface area contributed by atoms with Gasteiger partial charge >= 0.3 is 6.03 Å². The minimum absolute atomic E-state index is 0.218. The van der Waals surface area contributed by atoms with E-state index in [1.54, 1.807) is 36.4 Å². The second-order valence-electron chi connectivity index (χ2n) is 8.40. The first kappa shape index (κ1) is 26.4. The van der Waals surface area contributed by atoms with Gasteiger partial charge in [-0.2, -0.15) is 0 Å². The van der Waals surface area contributed by atoms with Crippen molar-refractivity contribution in [1.82, 2.24) is 5.32 Å². The van der Waals surface area contributed by atoms with Crippen molar-refractivity contribution in [3.05, 3.63) is 91.9 Å². The molecular weight excluding hydrogens is 560 g/mol. The number of barbiturate groups is 1. The van der Waals surface area contributed by atoms with Gasteiger partial charge in [0.25, 0.3) is 11.8 Å². The number of nitrogens with zero attached hydrogens (tertiary/aromatic N) is 1. The number of hydrogen-bond acceptors (Lipinski definition) is 5. The number of benzene rings is 3. The number of hydrogen-bond donors (Lipinski definition) is 1. The molecule has 0 saturated carbocycles. The largest absolute Gasteiger partial charge is 0.490 e. The Morgan fingerprint density at radius 1 is 0.973 bits per heavy atom. The molecule has 1 N–H and O–H groups in total. The molecule has 4 rings (SSSR count). The van der Waals surface area contributed by atoms with Gasteiger partial charge in [0.2, 0.25) is 0 Å². The van der Waals surface area contributed by atoms with E-state index in [0.717, 1.165) is 20.5 Å². The molecule has 0 radical (unpaired) electrons. The number of carbonyl (C=O) groups is 3. The summed E-state index contributed by atoms with van der Waals surface area (Å²) in [4.78, 5) is 39.1. The smallest absolute Gasteiger partial charge is 0.335 e.